The van der Waals surface area contributed by atoms with Crippen LogP contribution >= 0.6 is 0 Å². The molecule has 0 aliphatic rings. The van der Waals surface area contributed by atoms with E-state index in [1.165, 1.54) is 18.2 Å². The fourth-order valence-corrected chi connectivity index (χ4v) is 3.56. The largest absolute Gasteiger partial charge is 0.435 e. The van der Waals surface area contributed by atoms with Gasteiger partial charge in [-0.2, -0.15) is 18.3 Å². The van der Waals surface area contributed by atoms with Gasteiger partial charge in [0.15, 0.2) is 5.69 Å². The Morgan fingerprint density at radius 3 is 2.33 bits per heavy atom. The highest BCUT2D eigenvalue weighted by Gasteiger charge is 2.35. The minimum absolute atomic E-state index is 0.109. The Bertz CT molecular complexity index is 1120. The predicted molar refractivity (Wildman–Crippen MR) is 94.8 cm³/mol. The van der Waals surface area contributed by atoms with Gasteiger partial charge in [-0.25, -0.2) is 18.2 Å². The number of primary sulfonamides is 1. The number of hydrogen-bond donors (Lipinski definition) is 1. The number of nitrogens with zero attached hydrogens (tertiary/aromatic N) is 2. The van der Waals surface area contributed by atoms with Crippen molar-refractivity contribution < 1.29 is 21.6 Å². The minimum atomic E-state index is -4.64. The number of alkyl halides is 3. The molecule has 27 heavy (non-hydrogen) atoms. The number of rotatable bonds is 3. The molecule has 0 aliphatic carbocycles. The second kappa shape index (κ2) is 6.50. The summed E-state index contributed by atoms with van der Waals surface area (Å²) in [5.74, 6) is 0. The van der Waals surface area contributed by atoms with Gasteiger partial charge in [0.2, 0.25) is 10.0 Å². The average molecular weight is 395 g/mol. The zero-order chi connectivity index (χ0) is 20.0. The summed E-state index contributed by atoms with van der Waals surface area (Å²) >= 11 is 0. The number of aryl methyl sites for hydroxylation is 2. The molecule has 0 aliphatic heterocycles. The van der Waals surface area contributed by atoms with Gasteiger partial charge in [0.05, 0.1) is 16.3 Å². The molecule has 0 amide bonds. The molecule has 0 saturated carbocycles. The molecule has 3 aromatic rings. The van der Waals surface area contributed by atoms with Crippen molar-refractivity contribution in [3.8, 4) is 16.9 Å². The molecule has 9 heteroatoms. The molecule has 0 bridgehead atoms. The normalized spacial score (nSPS) is 12.4. The van der Waals surface area contributed by atoms with Crippen molar-refractivity contribution in [3.05, 3.63) is 65.4 Å². The number of hydrogen-bond acceptors (Lipinski definition) is 3. The molecule has 0 atom stereocenters. The van der Waals surface area contributed by atoms with Gasteiger partial charge in [0.1, 0.15) is 0 Å². The zero-order valence-electron chi connectivity index (χ0n) is 14.4. The lowest BCUT2D eigenvalue weighted by molar-refractivity contribution is -0.141. The maximum atomic E-state index is 13.2. The summed E-state index contributed by atoms with van der Waals surface area (Å²) in [4.78, 5) is -0.148. The quantitative estimate of drug-likeness (QED) is 0.732. The van der Waals surface area contributed by atoms with Gasteiger partial charge in [-0.1, -0.05) is 24.3 Å². The van der Waals surface area contributed by atoms with Crippen LogP contribution in [-0.2, 0) is 16.2 Å². The SMILES string of the molecule is Cc1cccc(-n2nc(C(F)(F)F)cc2-c2ccc(C)c(S(N)(=O)=O)c2)c1. The second-order valence-corrected chi connectivity index (χ2v) is 7.72. The van der Waals surface area contributed by atoms with Crippen LogP contribution in [0, 0.1) is 13.8 Å². The highest BCUT2D eigenvalue weighted by molar-refractivity contribution is 7.89. The smallest absolute Gasteiger partial charge is 0.232 e. The van der Waals surface area contributed by atoms with E-state index in [9.17, 15) is 21.6 Å². The molecule has 5 nitrogen and oxygen atoms in total. The predicted octanol–water partition coefficient (Wildman–Crippen LogP) is 3.82. The molecule has 0 fully saturated rings. The van der Waals surface area contributed by atoms with Gasteiger partial charge in [-0.05, 0) is 49.2 Å². The molecule has 142 valence electrons. The van der Waals surface area contributed by atoms with Crippen LogP contribution in [-0.4, -0.2) is 18.2 Å². The first-order chi connectivity index (χ1) is 12.5. The van der Waals surface area contributed by atoms with E-state index < -0.39 is 21.9 Å². The lowest BCUT2D eigenvalue weighted by Crippen LogP contribution is -2.13. The van der Waals surface area contributed by atoms with Crippen molar-refractivity contribution in [2.45, 2.75) is 24.9 Å². The molecule has 3 rings (SSSR count). The Hall–Kier alpha value is -2.65. The molecular weight excluding hydrogens is 379 g/mol. The summed E-state index contributed by atoms with van der Waals surface area (Å²) in [6, 6.07) is 12.0. The highest BCUT2D eigenvalue weighted by atomic mass is 32.2. The van der Waals surface area contributed by atoms with Crippen molar-refractivity contribution >= 4 is 10.0 Å². The molecule has 0 spiro atoms. The van der Waals surface area contributed by atoms with Crippen LogP contribution in [0.2, 0.25) is 0 Å². The first kappa shape index (κ1) is 19.1. The fraction of sp³-hybridized carbons (Fsp3) is 0.167. The topological polar surface area (TPSA) is 78.0 Å². The zero-order valence-corrected chi connectivity index (χ0v) is 15.3. The number of halogens is 3. The second-order valence-electron chi connectivity index (χ2n) is 6.19. The molecule has 2 N–H and O–H groups in total. The van der Waals surface area contributed by atoms with Crippen LogP contribution < -0.4 is 5.14 Å². The summed E-state index contributed by atoms with van der Waals surface area (Å²) in [7, 11) is -4.02. The summed E-state index contributed by atoms with van der Waals surface area (Å²) < 4.78 is 64.4. The van der Waals surface area contributed by atoms with Gasteiger partial charge < -0.3 is 0 Å². The maximum absolute atomic E-state index is 13.2. The van der Waals surface area contributed by atoms with Crippen molar-refractivity contribution in [2.24, 2.45) is 5.14 Å². The lowest BCUT2D eigenvalue weighted by Gasteiger charge is -2.10. The van der Waals surface area contributed by atoms with Gasteiger partial charge in [0.25, 0.3) is 0 Å². The molecular formula is C18H16F3N3O2S. The summed E-state index contributed by atoms with van der Waals surface area (Å²) in [5, 5.41) is 8.91. The third-order valence-corrected chi connectivity index (χ3v) is 5.09. The van der Waals surface area contributed by atoms with Crippen LogP contribution in [0.1, 0.15) is 16.8 Å². The van der Waals surface area contributed by atoms with E-state index in [-0.39, 0.29) is 16.2 Å². The van der Waals surface area contributed by atoms with Gasteiger partial charge in [-0.3, -0.25) is 0 Å². The summed E-state index contributed by atoms with van der Waals surface area (Å²) in [6.07, 6.45) is -4.64. The Balaban J connectivity index is 2.28. The number of benzene rings is 2. The van der Waals surface area contributed by atoms with E-state index in [0.29, 0.717) is 11.3 Å². The first-order valence-corrected chi connectivity index (χ1v) is 9.39. The van der Waals surface area contributed by atoms with E-state index in [1.54, 1.807) is 25.1 Å². The minimum Gasteiger partial charge on any atom is -0.232 e. The van der Waals surface area contributed by atoms with E-state index in [0.717, 1.165) is 16.3 Å². The summed E-state index contributed by atoms with van der Waals surface area (Å²) in [6.45, 7) is 3.37. The van der Waals surface area contributed by atoms with Crippen LogP contribution in [0.3, 0.4) is 0 Å². The molecule has 2 aromatic carbocycles. The first-order valence-electron chi connectivity index (χ1n) is 7.85. The number of nitrogens with two attached hydrogens (primary N) is 1. The maximum Gasteiger partial charge on any atom is 0.435 e. The van der Waals surface area contributed by atoms with Crippen LogP contribution in [0.5, 0.6) is 0 Å². The van der Waals surface area contributed by atoms with Crippen LogP contribution in [0.25, 0.3) is 16.9 Å². The number of aromatic nitrogens is 2. The third-order valence-electron chi connectivity index (χ3n) is 4.04. The van der Waals surface area contributed by atoms with E-state index in [2.05, 4.69) is 5.10 Å². The van der Waals surface area contributed by atoms with Gasteiger partial charge in [-0.15, -0.1) is 0 Å². The van der Waals surface area contributed by atoms with Crippen LogP contribution in [0.4, 0.5) is 13.2 Å². The Morgan fingerprint density at radius 1 is 1.04 bits per heavy atom. The van der Waals surface area contributed by atoms with Gasteiger partial charge >= 0.3 is 6.18 Å². The highest BCUT2D eigenvalue weighted by Crippen LogP contribution is 2.34. The Labute approximate surface area is 154 Å². The van der Waals surface area contributed by atoms with Crippen molar-refractivity contribution in [2.75, 3.05) is 0 Å². The monoisotopic (exact) mass is 395 g/mol. The van der Waals surface area contributed by atoms with E-state index in [4.69, 9.17) is 5.14 Å². The van der Waals surface area contributed by atoms with Crippen molar-refractivity contribution in [1.82, 2.24) is 9.78 Å². The van der Waals surface area contributed by atoms with Crippen molar-refractivity contribution in [3.63, 3.8) is 0 Å². The standard InChI is InChI=1S/C18H16F3N3O2S/c1-11-4-3-5-14(8-11)24-15(10-17(23-24)18(19,20)21)13-7-6-12(2)16(9-13)27(22,25)26/h3-10H,1-2H3,(H2,22,25,26). The van der Waals surface area contributed by atoms with Gasteiger partial charge in [0, 0.05) is 5.56 Å². The lowest BCUT2D eigenvalue weighted by atomic mass is 10.1. The molecule has 0 radical (unpaired) electrons. The van der Waals surface area contributed by atoms with Crippen molar-refractivity contribution in [1.29, 1.82) is 0 Å². The third kappa shape index (κ3) is 3.88. The molecule has 1 aromatic heterocycles. The van der Waals surface area contributed by atoms with E-state index in [1.807, 2.05) is 13.0 Å². The molecule has 1 heterocycles. The average Bonchev–Trinajstić information content (AvgIpc) is 3.00. The summed E-state index contributed by atoms with van der Waals surface area (Å²) in [5.41, 5.74) is 0.970. The Morgan fingerprint density at radius 2 is 1.74 bits per heavy atom. The molecule has 0 saturated heterocycles. The fourth-order valence-electron chi connectivity index (χ4n) is 2.75. The number of sulfonamides is 1. The van der Waals surface area contributed by atoms with E-state index >= 15 is 0 Å². The molecule has 0 unspecified atom stereocenters. The van der Waals surface area contributed by atoms with Crippen LogP contribution in [0.15, 0.2) is 53.4 Å². The Kier molecular flexibility index (Phi) is 4.61.